The molecule has 2 aromatic heterocycles. The number of carbonyl (C=O) groups excluding carboxylic acids is 9. The van der Waals surface area contributed by atoms with Crippen molar-refractivity contribution >= 4 is 78.3 Å². The lowest BCUT2D eigenvalue weighted by Crippen LogP contribution is -2.61. The summed E-state index contributed by atoms with van der Waals surface area (Å²) in [5.41, 5.74) is -0.903. The number of ether oxygens (including phenoxy) is 2. The first-order valence-corrected chi connectivity index (χ1v) is 25.7. The maximum Gasteiger partial charge on any atom is 0.418 e. The van der Waals surface area contributed by atoms with E-state index in [1.165, 1.54) is 17.7 Å². The van der Waals surface area contributed by atoms with E-state index in [4.69, 9.17) is 19.6 Å². The fourth-order valence-electron chi connectivity index (χ4n) is 9.87. The van der Waals surface area contributed by atoms with Crippen molar-refractivity contribution < 1.29 is 80.1 Å². The Labute approximate surface area is 464 Å². The highest BCUT2D eigenvalue weighted by molar-refractivity contribution is 6.28. The predicted molar refractivity (Wildman–Crippen MR) is 282 cm³/mol. The molecule has 4 heterocycles. The topological polar surface area (TPSA) is 332 Å². The first-order valence-electron chi connectivity index (χ1n) is 25.7. The van der Waals surface area contributed by atoms with E-state index in [-0.39, 0.29) is 60.4 Å². The normalized spacial score (nSPS) is 16.0. The van der Waals surface area contributed by atoms with E-state index in [0.29, 0.717) is 58.7 Å². The Hall–Kier alpha value is -8.70. The molecule has 2 aliphatic heterocycles. The molecule has 0 bridgehead atoms. The largest absolute Gasteiger partial charge is 0.480 e. The molecule has 24 nitrogen and oxygen atoms in total. The maximum absolute atomic E-state index is 15.5. The highest BCUT2D eigenvalue weighted by Gasteiger charge is 2.58. The number of fused-ring (bicyclic) bond motifs is 4. The molecule has 82 heavy (non-hydrogen) atoms. The lowest BCUT2D eigenvalue weighted by Gasteiger charge is -2.35. The number of aryl methyl sites for hydroxylation is 1. The lowest BCUT2D eigenvalue weighted by molar-refractivity contribution is -0.238. The van der Waals surface area contributed by atoms with E-state index < -0.39 is 140 Å². The van der Waals surface area contributed by atoms with Crippen LogP contribution in [0.5, 0.6) is 0 Å². The van der Waals surface area contributed by atoms with Crippen molar-refractivity contribution in [3.8, 4) is 11.4 Å². The zero-order valence-corrected chi connectivity index (χ0v) is 44.7. The summed E-state index contributed by atoms with van der Waals surface area (Å²) in [6, 6.07) is 6.86. The minimum Gasteiger partial charge on any atom is -0.480 e. The Bertz CT molecular complexity index is 3330. The summed E-state index contributed by atoms with van der Waals surface area (Å²) in [6.45, 7) is -1.68. The number of nitrogens with one attached hydrogen (secondary N) is 7. The first-order chi connectivity index (χ1) is 38.9. The van der Waals surface area contributed by atoms with Crippen LogP contribution in [0.1, 0.15) is 70.7 Å². The number of alkyl halides is 3. The van der Waals surface area contributed by atoms with Crippen molar-refractivity contribution in [2.75, 3.05) is 46.6 Å². The molecular formula is C53H57BF4N10O14. The number of carboxylic acid groups (broad SMARTS) is 1. The molecule has 8 N–H and O–H groups in total. The van der Waals surface area contributed by atoms with Gasteiger partial charge in [-0.15, -0.1) is 0 Å². The van der Waals surface area contributed by atoms with Crippen molar-refractivity contribution in [1.29, 1.82) is 0 Å². The second kappa shape index (κ2) is 25.8. The highest BCUT2D eigenvalue weighted by atomic mass is 19.4. The van der Waals surface area contributed by atoms with Crippen LogP contribution in [0.3, 0.4) is 0 Å². The van der Waals surface area contributed by atoms with Gasteiger partial charge in [-0.25, -0.2) is 9.37 Å². The summed E-state index contributed by atoms with van der Waals surface area (Å²) >= 11 is 0. The van der Waals surface area contributed by atoms with Gasteiger partial charge in [0.15, 0.2) is 7.85 Å². The van der Waals surface area contributed by atoms with Gasteiger partial charge in [0.2, 0.25) is 35.0 Å². The Kier molecular flexibility index (Phi) is 19.2. The van der Waals surface area contributed by atoms with Crippen LogP contribution in [0.15, 0.2) is 59.4 Å². The molecule has 5 unspecified atom stereocenters. The summed E-state index contributed by atoms with van der Waals surface area (Å²) in [5.74, 6) is -10.9. The molecule has 0 fully saturated rings. The molecule has 0 saturated heterocycles. The summed E-state index contributed by atoms with van der Waals surface area (Å²) in [5, 5.41) is 25.4. The van der Waals surface area contributed by atoms with Crippen LogP contribution in [0.2, 0.25) is 0 Å². The number of halogens is 4. The molecule has 5 atom stereocenters. The van der Waals surface area contributed by atoms with Crippen LogP contribution >= 0.6 is 0 Å². The van der Waals surface area contributed by atoms with Crippen LogP contribution in [-0.2, 0) is 83.4 Å². The Morgan fingerprint density at radius 3 is 2.20 bits per heavy atom. The summed E-state index contributed by atoms with van der Waals surface area (Å²) in [4.78, 5) is 146. The van der Waals surface area contributed by atoms with Crippen LogP contribution in [0.25, 0.3) is 22.3 Å². The minimum absolute atomic E-state index is 0.0148. The van der Waals surface area contributed by atoms with Gasteiger partial charge in [0.1, 0.15) is 30.9 Å². The van der Waals surface area contributed by atoms with Gasteiger partial charge in [0.05, 0.1) is 62.3 Å². The molecule has 29 heteroatoms. The number of methoxy groups -OCH3 is 1. The molecule has 4 aromatic rings. The van der Waals surface area contributed by atoms with E-state index in [1.807, 2.05) is 0 Å². The van der Waals surface area contributed by atoms with Gasteiger partial charge in [-0.2, -0.15) is 13.2 Å². The number of carbonyl (C=O) groups is 10. The zero-order chi connectivity index (χ0) is 59.8. The molecule has 7 rings (SSSR count). The monoisotopic (exact) mass is 1140 g/mol. The molecule has 0 spiro atoms. The SMILES string of the molecule is BC(OCNC(=O)CNC(=O)C(Cc1ccccc1)NC(=O)CNC(=O)CNC(=O)C(CNCC(=O)O)N1C(=O)C=CC1=O)(C(=O)NC1CCc2c(C)c(F)cc3nc4c(c1c23)Cn1c-4cc(C(C=O)CC)c(COC)c1=O)C(F)(F)F. The minimum atomic E-state index is -5.40. The van der Waals surface area contributed by atoms with Crippen molar-refractivity contribution in [3.63, 3.8) is 0 Å². The van der Waals surface area contributed by atoms with Gasteiger partial charge in [-0.3, -0.25) is 52.8 Å². The standard InChI is InChI=1S/C53H57BF4N10O14/c1-4-28(23-69)30-15-37-47-31(22-67(37)50(79)32(30)24-81-3)46-34(11-10-29-26(2)33(55)16-35(65-47)45(29)46)66-51(80)52(54,53(56,57)58)82-25-63-40(71)19-61-48(77)36(14-27-8-6-5-7-9-27)64-41(72)20-60-39(70)18-62-49(78)38(17-59-21-44(75)76)68-42(73)12-13-43(68)74/h5-9,12-13,15-16,23,28,34,36,38,59H,4,10-11,14,17-22,24-25,54H2,1-3H3,(H,60,70)(H,61,77)(H,62,78)(H,63,71)(H,64,72)(H,66,80)(H,75,76). The van der Waals surface area contributed by atoms with E-state index >= 15 is 17.6 Å². The summed E-state index contributed by atoms with van der Waals surface area (Å²) < 4.78 is 72.5. The summed E-state index contributed by atoms with van der Waals surface area (Å²) in [6.07, 6.45) is -2.62. The third kappa shape index (κ3) is 13.2. The average molecular weight is 1140 g/mol. The van der Waals surface area contributed by atoms with E-state index in [9.17, 15) is 52.7 Å². The highest BCUT2D eigenvalue weighted by Crippen LogP contribution is 2.46. The van der Waals surface area contributed by atoms with Gasteiger partial charge in [0.25, 0.3) is 23.3 Å². The third-order valence-corrected chi connectivity index (χ3v) is 14.3. The van der Waals surface area contributed by atoms with Crippen LogP contribution < -0.4 is 42.8 Å². The first kappa shape index (κ1) is 60.9. The lowest BCUT2D eigenvalue weighted by atomic mass is 9.77. The maximum atomic E-state index is 15.5. The van der Waals surface area contributed by atoms with Crippen molar-refractivity contribution in [2.24, 2.45) is 0 Å². The van der Waals surface area contributed by atoms with Gasteiger partial charge in [-0.1, -0.05) is 37.3 Å². The van der Waals surface area contributed by atoms with E-state index in [1.54, 1.807) is 50.2 Å². The smallest absolute Gasteiger partial charge is 0.418 e. The number of imide groups is 1. The number of hydrogen-bond donors (Lipinski definition) is 8. The Morgan fingerprint density at radius 1 is 0.902 bits per heavy atom. The van der Waals surface area contributed by atoms with Crippen LogP contribution in [-0.4, -0.2) is 157 Å². The fraction of sp³-hybridized carbons (Fsp3) is 0.396. The second-order valence-corrected chi connectivity index (χ2v) is 19.6. The fourth-order valence-corrected chi connectivity index (χ4v) is 9.87. The molecule has 0 saturated carbocycles. The van der Waals surface area contributed by atoms with E-state index in [2.05, 4.69) is 37.2 Å². The molecule has 1 aliphatic carbocycles. The van der Waals surface area contributed by atoms with Gasteiger partial charge < -0.3 is 61.2 Å². The zero-order valence-electron chi connectivity index (χ0n) is 44.7. The summed E-state index contributed by atoms with van der Waals surface area (Å²) in [7, 11) is 1.84. The molecule has 3 aliphatic rings. The number of nitrogens with zero attached hydrogens (tertiary/aromatic N) is 3. The quantitative estimate of drug-likeness (QED) is 0.0106. The molecule has 8 amide bonds. The number of hydrogen-bond acceptors (Lipinski definition) is 15. The van der Waals surface area contributed by atoms with Crippen molar-refractivity contribution in [2.45, 2.75) is 88.4 Å². The second-order valence-electron chi connectivity index (χ2n) is 19.6. The number of carboxylic acids is 1. The van der Waals surface area contributed by atoms with Crippen molar-refractivity contribution in [1.82, 2.24) is 51.7 Å². The number of aromatic nitrogens is 2. The Balaban J connectivity index is 0.988. The van der Waals surface area contributed by atoms with Crippen LogP contribution in [0.4, 0.5) is 17.6 Å². The predicted octanol–water partition coefficient (Wildman–Crippen LogP) is -1.16. The average Bonchev–Trinajstić information content (AvgIpc) is 1.85. The van der Waals surface area contributed by atoms with Gasteiger partial charge >= 0.3 is 12.1 Å². The molecule has 0 radical (unpaired) electrons. The van der Waals surface area contributed by atoms with Crippen molar-refractivity contribution in [3.05, 3.63) is 110 Å². The molecular weight excluding hydrogens is 1090 g/mol. The third-order valence-electron chi connectivity index (χ3n) is 14.3. The molecule has 2 aromatic carbocycles. The number of amides is 8. The van der Waals surface area contributed by atoms with Gasteiger partial charge in [-0.05, 0) is 60.1 Å². The van der Waals surface area contributed by atoms with Gasteiger partial charge in [0, 0.05) is 60.7 Å². The number of aldehydes is 1. The molecule has 434 valence electrons. The van der Waals surface area contributed by atoms with Crippen LogP contribution in [0, 0.1) is 12.7 Å². The van der Waals surface area contributed by atoms with E-state index in [0.717, 1.165) is 12.2 Å². The number of pyridine rings is 2. The number of rotatable bonds is 26. The number of benzene rings is 2. The Morgan fingerprint density at radius 2 is 1.56 bits per heavy atom. The number of aliphatic carboxylic acids is 1.